The van der Waals surface area contributed by atoms with Crippen molar-refractivity contribution in [1.82, 2.24) is 14.5 Å². The smallest absolute Gasteiger partial charge is 0.0955 e. The van der Waals surface area contributed by atoms with Crippen LogP contribution in [0.15, 0.2) is 49.8 Å². The minimum absolute atomic E-state index is 0.540. The summed E-state index contributed by atoms with van der Waals surface area (Å²) in [6.07, 6.45) is 4.90. The molecule has 1 heterocycles. The van der Waals surface area contributed by atoms with Crippen LogP contribution in [-0.2, 0) is 7.05 Å². The van der Waals surface area contributed by atoms with Crippen LogP contribution in [0.5, 0.6) is 0 Å². The largest absolute Gasteiger partial charge is 0.387 e. The summed E-state index contributed by atoms with van der Waals surface area (Å²) in [6.45, 7) is 9.49. The SMILES string of the molecule is C=CCN(CC=C)CC(O)c1ccc2c(c1)ncn2C. The highest BCUT2D eigenvalue weighted by atomic mass is 16.3. The molecule has 1 N–H and O–H groups in total. The summed E-state index contributed by atoms with van der Waals surface area (Å²) < 4.78 is 1.97. The number of hydrogen-bond donors (Lipinski definition) is 1. The molecule has 106 valence electrons. The zero-order valence-corrected chi connectivity index (χ0v) is 11.9. The minimum atomic E-state index is -0.540. The third-order valence-corrected chi connectivity index (χ3v) is 3.34. The fourth-order valence-corrected chi connectivity index (χ4v) is 2.30. The molecule has 0 aliphatic carbocycles. The summed E-state index contributed by atoms with van der Waals surface area (Å²) in [5.74, 6) is 0. The zero-order chi connectivity index (χ0) is 14.5. The van der Waals surface area contributed by atoms with Gasteiger partial charge >= 0.3 is 0 Å². The predicted octanol–water partition coefficient (Wildman–Crippen LogP) is 2.28. The van der Waals surface area contributed by atoms with Crippen molar-refractivity contribution >= 4 is 11.0 Å². The molecule has 0 fully saturated rings. The molecule has 4 heteroatoms. The van der Waals surface area contributed by atoms with Crippen LogP contribution in [0.1, 0.15) is 11.7 Å². The number of aliphatic hydroxyl groups is 1. The molecule has 0 aliphatic heterocycles. The Kier molecular flexibility index (Phi) is 4.71. The lowest BCUT2D eigenvalue weighted by Gasteiger charge is -2.22. The number of nitrogens with zero attached hydrogens (tertiary/aromatic N) is 3. The van der Waals surface area contributed by atoms with Crippen molar-refractivity contribution in [3.05, 3.63) is 55.4 Å². The fraction of sp³-hybridized carbons (Fsp3) is 0.312. The van der Waals surface area contributed by atoms with Gasteiger partial charge in [-0.1, -0.05) is 18.2 Å². The van der Waals surface area contributed by atoms with E-state index in [2.05, 4.69) is 23.0 Å². The van der Waals surface area contributed by atoms with Gasteiger partial charge in [0.2, 0.25) is 0 Å². The van der Waals surface area contributed by atoms with Crippen molar-refractivity contribution in [3.8, 4) is 0 Å². The standard InChI is InChI=1S/C16H21N3O/c1-4-8-19(9-5-2)11-16(20)13-6-7-15-14(10-13)17-12-18(15)3/h4-7,10,12,16,20H,1-2,8-9,11H2,3H3. The summed E-state index contributed by atoms with van der Waals surface area (Å²) in [7, 11) is 1.96. The third kappa shape index (κ3) is 3.15. The van der Waals surface area contributed by atoms with Crippen molar-refractivity contribution < 1.29 is 5.11 Å². The number of fused-ring (bicyclic) bond motifs is 1. The Morgan fingerprint density at radius 1 is 1.35 bits per heavy atom. The molecule has 0 saturated carbocycles. The summed E-state index contributed by atoms with van der Waals surface area (Å²) >= 11 is 0. The van der Waals surface area contributed by atoms with Gasteiger partial charge in [0.1, 0.15) is 0 Å². The molecule has 1 aromatic heterocycles. The van der Waals surface area contributed by atoms with Crippen LogP contribution in [0.2, 0.25) is 0 Å². The second kappa shape index (κ2) is 6.50. The third-order valence-electron chi connectivity index (χ3n) is 3.34. The first-order valence-electron chi connectivity index (χ1n) is 6.69. The molecule has 0 spiro atoms. The summed E-state index contributed by atoms with van der Waals surface area (Å²) in [4.78, 5) is 6.41. The van der Waals surface area contributed by atoms with Crippen LogP contribution in [0.3, 0.4) is 0 Å². The van der Waals surface area contributed by atoms with Gasteiger partial charge in [-0.3, -0.25) is 4.90 Å². The molecule has 0 bridgehead atoms. The topological polar surface area (TPSA) is 41.3 Å². The van der Waals surface area contributed by atoms with E-state index >= 15 is 0 Å². The van der Waals surface area contributed by atoms with Gasteiger partial charge in [0.05, 0.1) is 23.5 Å². The zero-order valence-electron chi connectivity index (χ0n) is 11.9. The van der Waals surface area contributed by atoms with Crippen molar-refractivity contribution in [2.24, 2.45) is 7.05 Å². The van der Waals surface area contributed by atoms with Crippen LogP contribution >= 0.6 is 0 Å². The normalized spacial score (nSPS) is 12.8. The van der Waals surface area contributed by atoms with Crippen molar-refractivity contribution in [1.29, 1.82) is 0 Å². The van der Waals surface area contributed by atoms with Crippen LogP contribution in [0.25, 0.3) is 11.0 Å². The fourth-order valence-electron chi connectivity index (χ4n) is 2.30. The molecule has 1 aromatic carbocycles. The average Bonchev–Trinajstić information content (AvgIpc) is 2.80. The Balaban J connectivity index is 2.15. The maximum Gasteiger partial charge on any atom is 0.0955 e. The molecule has 1 atom stereocenters. The first-order valence-corrected chi connectivity index (χ1v) is 6.69. The number of rotatable bonds is 7. The van der Waals surface area contributed by atoms with Crippen LogP contribution in [0.4, 0.5) is 0 Å². The van der Waals surface area contributed by atoms with Gasteiger partial charge in [0.15, 0.2) is 0 Å². The Morgan fingerprint density at radius 2 is 2.05 bits per heavy atom. The molecule has 0 radical (unpaired) electrons. The van der Waals surface area contributed by atoms with Gasteiger partial charge in [0.25, 0.3) is 0 Å². The highest BCUT2D eigenvalue weighted by Crippen LogP contribution is 2.20. The molecule has 0 aliphatic rings. The summed E-state index contributed by atoms with van der Waals surface area (Å²) in [5.41, 5.74) is 2.85. The van der Waals surface area contributed by atoms with Gasteiger partial charge in [-0.05, 0) is 17.7 Å². The number of hydrogen-bond acceptors (Lipinski definition) is 3. The molecular formula is C16H21N3O. The molecule has 4 nitrogen and oxygen atoms in total. The van der Waals surface area contributed by atoms with E-state index in [1.807, 2.05) is 42.0 Å². The van der Waals surface area contributed by atoms with Crippen molar-refractivity contribution in [3.63, 3.8) is 0 Å². The number of aryl methyl sites for hydroxylation is 1. The van der Waals surface area contributed by atoms with Gasteiger partial charge in [-0.2, -0.15) is 0 Å². The summed E-state index contributed by atoms with van der Waals surface area (Å²) in [5, 5.41) is 10.4. The second-order valence-corrected chi connectivity index (χ2v) is 4.92. The van der Waals surface area contributed by atoms with E-state index in [1.54, 1.807) is 6.33 Å². The Labute approximate surface area is 119 Å². The monoisotopic (exact) mass is 271 g/mol. The van der Waals surface area contributed by atoms with E-state index in [-0.39, 0.29) is 0 Å². The van der Waals surface area contributed by atoms with Crippen LogP contribution < -0.4 is 0 Å². The first-order chi connectivity index (χ1) is 9.65. The quantitative estimate of drug-likeness (QED) is 0.786. The Morgan fingerprint density at radius 3 is 2.70 bits per heavy atom. The molecule has 0 amide bonds. The highest BCUT2D eigenvalue weighted by Gasteiger charge is 2.13. The maximum absolute atomic E-state index is 10.4. The van der Waals surface area contributed by atoms with Crippen LogP contribution in [-0.4, -0.2) is 39.2 Å². The first kappa shape index (κ1) is 14.5. The van der Waals surface area contributed by atoms with Gasteiger partial charge in [-0.25, -0.2) is 4.98 Å². The predicted molar refractivity (Wildman–Crippen MR) is 82.5 cm³/mol. The number of imidazole rings is 1. The number of benzene rings is 1. The lowest BCUT2D eigenvalue weighted by Crippen LogP contribution is -2.29. The Hall–Kier alpha value is -1.91. The molecular weight excluding hydrogens is 250 g/mol. The molecule has 2 aromatic rings. The van der Waals surface area contributed by atoms with Gasteiger partial charge in [0, 0.05) is 26.7 Å². The van der Waals surface area contributed by atoms with E-state index in [0.29, 0.717) is 6.54 Å². The van der Waals surface area contributed by atoms with Crippen molar-refractivity contribution in [2.75, 3.05) is 19.6 Å². The number of aromatic nitrogens is 2. The second-order valence-electron chi connectivity index (χ2n) is 4.92. The highest BCUT2D eigenvalue weighted by molar-refractivity contribution is 5.76. The van der Waals surface area contributed by atoms with Gasteiger partial charge in [-0.15, -0.1) is 13.2 Å². The van der Waals surface area contributed by atoms with Gasteiger partial charge < -0.3 is 9.67 Å². The summed E-state index contributed by atoms with van der Waals surface area (Å²) in [6, 6.07) is 5.89. The minimum Gasteiger partial charge on any atom is -0.387 e. The van der Waals surface area contributed by atoms with E-state index in [1.165, 1.54) is 0 Å². The van der Waals surface area contributed by atoms with E-state index < -0.39 is 6.10 Å². The average molecular weight is 271 g/mol. The maximum atomic E-state index is 10.4. The lowest BCUT2D eigenvalue weighted by molar-refractivity contribution is 0.125. The molecule has 0 saturated heterocycles. The molecule has 2 rings (SSSR count). The molecule has 20 heavy (non-hydrogen) atoms. The van der Waals surface area contributed by atoms with E-state index in [9.17, 15) is 5.11 Å². The van der Waals surface area contributed by atoms with Crippen molar-refractivity contribution in [2.45, 2.75) is 6.10 Å². The molecule has 1 unspecified atom stereocenters. The van der Waals surface area contributed by atoms with Crippen LogP contribution in [0, 0.1) is 0 Å². The van der Waals surface area contributed by atoms with E-state index in [0.717, 1.165) is 29.7 Å². The number of aliphatic hydroxyl groups excluding tert-OH is 1. The Bertz CT molecular complexity index is 593. The lowest BCUT2D eigenvalue weighted by atomic mass is 10.1. The van der Waals surface area contributed by atoms with E-state index in [4.69, 9.17) is 0 Å².